The summed E-state index contributed by atoms with van der Waals surface area (Å²) in [6.45, 7) is 3.57. The molecule has 0 bridgehead atoms. The number of fused-ring (bicyclic) bond motifs is 4. The molecular weight excluding hydrogens is 450 g/mol. The number of aromatic amines is 2. The van der Waals surface area contributed by atoms with Gasteiger partial charge in [0.25, 0.3) is 0 Å². The molecule has 0 spiro atoms. The van der Waals surface area contributed by atoms with Crippen molar-refractivity contribution in [2.24, 2.45) is 0 Å². The number of aryl methyl sites for hydroxylation is 1. The molecule has 2 N–H and O–H groups in total. The van der Waals surface area contributed by atoms with Gasteiger partial charge in [0, 0.05) is 52.3 Å². The van der Waals surface area contributed by atoms with E-state index in [9.17, 15) is 4.79 Å². The van der Waals surface area contributed by atoms with Gasteiger partial charge in [-0.2, -0.15) is 0 Å². The summed E-state index contributed by atoms with van der Waals surface area (Å²) >= 11 is 0. The van der Waals surface area contributed by atoms with Gasteiger partial charge in [0.15, 0.2) is 5.78 Å². The third-order valence-corrected chi connectivity index (χ3v) is 7.34. The van der Waals surface area contributed by atoms with Gasteiger partial charge in [-0.1, -0.05) is 29.8 Å². The summed E-state index contributed by atoms with van der Waals surface area (Å²) in [5.41, 5.74) is 7.20. The topological polar surface area (TPSA) is 70.3 Å². The van der Waals surface area contributed by atoms with Crippen LogP contribution in [0.25, 0.3) is 21.8 Å². The van der Waals surface area contributed by atoms with Crippen LogP contribution in [0.3, 0.4) is 0 Å². The maximum absolute atomic E-state index is 14.3. The average Bonchev–Trinajstić information content (AvgIpc) is 3.50. The molecule has 0 amide bonds. The van der Waals surface area contributed by atoms with E-state index >= 15 is 0 Å². The lowest BCUT2D eigenvalue weighted by atomic mass is 9.91. The third kappa shape index (κ3) is 3.74. The summed E-state index contributed by atoms with van der Waals surface area (Å²) in [5.74, 6) is 1.62. The molecule has 3 heterocycles. The maximum atomic E-state index is 14.3. The predicted octanol–water partition coefficient (Wildman–Crippen LogP) is 5.96. The molecule has 1 atom stereocenters. The highest BCUT2D eigenvalue weighted by Gasteiger charge is 2.37. The fourth-order valence-electron chi connectivity index (χ4n) is 5.42. The zero-order valence-electron chi connectivity index (χ0n) is 20.7. The monoisotopic (exact) mass is 479 g/mol. The Hall–Kier alpha value is -4.03. The lowest BCUT2D eigenvalue weighted by Gasteiger charge is -2.35. The number of ether oxygens (including phenoxy) is 2. The van der Waals surface area contributed by atoms with Gasteiger partial charge in [-0.05, 0) is 60.9 Å². The lowest BCUT2D eigenvalue weighted by molar-refractivity contribution is 0.0784. The highest BCUT2D eigenvalue weighted by molar-refractivity contribution is 6.11. The minimum absolute atomic E-state index is 0.0704. The minimum atomic E-state index is -0.432. The molecule has 1 aliphatic rings. The summed E-state index contributed by atoms with van der Waals surface area (Å²) in [4.78, 5) is 23.5. The summed E-state index contributed by atoms with van der Waals surface area (Å²) in [6, 6.07) is 20.0. The Balaban J connectivity index is 1.48. The number of rotatable bonds is 6. The molecule has 5 aromatic rings. The molecule has 0 saturated carbocycles. The number of Topliss-reactive ketones (excluding diaryl/α,β-unsaturated/α-hetero) is 1. The number of hydrogen-bond donors (Lipinski definition) is 2. The second-order valence-corrected chi connectivity index (χ2v) is 9.52. The maximum Gasteiger partial charge on any atom is 0.188 e. The van der Waals surface area contributed by atoms with Crippen LogP contribution < -0.4 is 9.47 Å². The molecule has 0 saturated heterocycles. The number of carbonyl (C=O) groups is 1. The first-order valence-electron chi connectivity index (χ1n) is 12.2. The van der Waals surface area contributed by atoms with Crippen molar-refractivity contribution in [2.45, 2.75) is 25.9 Å². The van der Waals surface area contributed by atoms with Crippen LogP contribution in [0.5, 0.6) is 11.5 Å². The molecule has 0 aliphatic carbocycles. The second kappa shape index (κ2) is 8.88. The zero-order chi connectivity index (χ0) is 24.8. The highest BCUT2D eigenvalue weighted by atomic mass is 16.5. The van der Waals surface area contributed by atoms with Crippen molar-refractivity contribution in [3.8, 4) is 11.5 Å². The third-order valence-electron chi connectivity index (χ3n) is 7.34. The molecule has 0 radical (unpaired) electrons. The quantitative estimate of drug-likeness (QED) is 0.295. The normalized spacial score (nSPS) is 15.8. The highest BCUT2D eigenvalue weighted by Crippen LogP contribution is 2.39. The Morgan fingerprint density at radius 1 is 0.944 bits per heavy atom. The molecule has 6 rings (SSSR count). The van der Waals surface area contributed by atoms with Crippen LogP contribution in [-0.2, 0) is 13.0 Å². The van der Waals surface area contributed by atoms with E-state index in [1.807, 2.05) is 36.5 Å². The van der Waals surface area contributed by atoms with Crippen LogP contribution >= 0.6 is 0 Å². The van der Waals surface area contributed by atoms with E-state index in [1.165, 1.54) is 16.7 Å². The largest absolute Gasteiger partial charge is 0.497 e. The van der Waals surface area contributed by atoms with E-state index in [2.05, 4.69) is 52.1 Å². The predicted molar refractivity (Wildman–Crippen MR) is 142 cm³/mol. The molecule has 0 fully saturated rings. The van der Waals surface area contributed by atoms with E-state index in [4.69, 9.17) is 9.47 Å². The molecule has 36 heavy (non-hydrogen) atoms. The number of benzene rings is 3. The van der Waals surface area contributed by atoms with E-state index in [0.717, 1.165) is 52.0 Å². The van der Waals surface area contributed by atoms with Crippen molar-refractivity contribution in [1.29, 1.82) is 0 Å². The number of nitrogens with zero attached hydrogens (tertiary/aromatic N) is 1. The Labute approximate surface area is 209 Å². The molecule has 182 valence electrons. The molecule has 1 unspecified atom stereocenters. The van der Waals surface area contributed by atoms with Gasteiger partial charge in [0.1, 0.15) is 17.5 Å². The van der Waals surface area contributed by atoms with Crippen LogP contribution in [-0.4, -0.2) is 41.4 Å². The van der Waals surface area contributed by atoms with Gasteiger partial charge in [-0.15, -0.1) is 0 Å². The van der Waals surface area contributed by atoms with Gasteiger partial charge < -0.3 is 19.4 Å². The molecule has 1 aliphatic heterocycles. The first-order chi connectivity index (χ1) is 17.6. The Bertz CT molecular complexity index is 1580. The standard InChI is InChI=1S/C30H29N3O3/c1-18-4-6-19(7-5-18)17-33-13-12-22-23-14-21(36-3)9-11-27(23)32-28(22)29(33)30(34)25-16-31-26-10-8-20(35-2)15-24(25)26/h4-11,14-16,29,31-32H,12-13,17H2,1-3H3. The van der Waals surface area contributed by atoms with Gasteiger partial charge in [0.2, 0.25) is 0 Å². The Morgan fingerprint density at radius 3 is 2.36 bits per heavy atom. The van der Waals surface area contributed by atoms with Crippen molar-refractivity contribution in [2.75, 3.05) is 20.8 Å². The number of carbonyl (C=O) groups excluding carboxylic acids is 1. The fourth-order valence-corrected chi connectivity index (χ4v) is 5.42. The van der Waals surface area contributed by atoms with Crippen molar-refractivity contribution in [1.82, 2.24) is 14.9 Å². The van der Waals surface area contributed by atoms with E-state index in [0.29, 0.717) is 12.1 Å². The van der Waals surface area contributed by atoms with Crippen LogP contribution in [0.4, 0.5) is 0 Å². The number of nitrogens with one attached hydrogen (secondary N) is 2. The van der Waals surface area contributed by atoms with Gasteiger partial charge in [-0.25, -0.2) is 0 Å². The molecule has 3 aromatic carbocycles. The number of aromatic nitrogens is 2. The molecule has 6 heteroatoms. The fraction of sp³-hybridized carbons (Fsp3) is 0.233. The first kappa shape index (κ1) is 22.4. The molecule has 6 nitrogen and oxygen atoms in total. The van der Waals surface area contributed by atoms with Crippen molar-refractivity contribution in [3.05, 3.63) is 94.8 Å². The van der Waals surface area contributed by atoms with Crippen molar-refractivity contribution < 1.29 is 14.3 Å². The average molecular weight is 480 g/mol. The molecule has 2 aromatic heterocycles. The first-order valence-corrected chi connectivity index (χ1v) is 12.2. The number of methoxy groups -OCH3 is 2. The summed E-state index contributed by atoms with van der Waals surface area (Å²) in [5, 5.41) is 2.00. The van der Waals surface area contributed by atoms with Gasteiger partial charge in [0.05, 0.1) is 14.2 Å². The van der Waals surface area contributed by atoms with E-state index < -0.39 is 6.04 Å². The van der Waals surface area contributed by atoms with Crippen LogP contribution in [0.2, 0.25) is 0 Å². The summed E-state index contributed by atoms with van der Waals surface area (Å²) in [6.07, 6.45) is 2.69. The van der Waals surface area contributed by atoms with Crippen LogP contribution in [0.1, 0.15) is 38.8 Å². The van der Waals surface area contributed by atoms with Gasteiger partial charge >= 0.3 is 0 Å². The van der Waals surface area contributed by atoms with Crippen LogP contribution in [0.15, 0.2) is 66.9 Å². The summed E-state index contributed by atoms with van der Waals surface area (Å²) in [7, 11) is 3.33. The van der Waals surface area contributed by atoms with E-state index in [1.54, 1.807) is 14.2 Å². The minimum Gasteiger partial charge on any atom is -0.497 e. The van der Waals surface area contributed by atoms with E-state index in [-0.39, 0.29) is 5.78 Å². The molecular formula is C30H29N3O3. The van der Waals surface area contributed by atoms with Gasteiger partial charge in [-0.3, -0.25) is 9.69 Å². The lowest BCUT2D eigenvalue weighted by Crippen LogP contribution is -2.39. The smallest absolute Gasteiger partial charge is 0.188 e. The van der Waals surface area contributed by atoms with Crippen LogP contribution in [0, 0.1) is 6.92 Å². The van der Waals surface area contributed by atoms with Crippen molar-refractivity contribution in [3.63, 3.8) is 0 Å². The Morgan fingerprint density at radius 2 is 1.64 bits per heavy atom. The van der Waals surface area contributed by atoms with Crippen molar-refractivity contribution >= 4 is 27.6 Å². The summed E-state index contributed by atoms with van der Waals surface area (Å²) < 4.78 is 10.9. The number of hydrogen-bond acceptors (Lipinski definition) is 4. The number of H-pyrrole nitrogens is 2. The zero-order valence-corrected chi connectivity index (χ0v) is 20.7. The second-order valence-electron chi connectivity index (χ2n) is 9.52. The number of ketones is 1. The SMILES string of the molecule is COc1ccc2[nH]cc(C(=O)C3c4[nH]c5ccc(OC)cc5c4CCN3Cc3ccc(C)cc3)c2c1. The Kier molecular flexibility index (Phi) is 5.53.